The number of H-pyrrole nitrogens is 1. The van der Waals surface area contributed by atoms with E-state index in [0.29, 0.717) is 23.5 Å². The van der Waals surface area contributed by atoms with Gasteiger partial charge in [-0.2, -0.15) is 10.2 Å². The van der Waals surface area contributed by atoms with Gasteiger partial charge >= 0.3 is 0 Å². The number of halogens is 2. The second-order valence-electron chi connectivity index (χ2n) is 7.57. The number of aryl methyl sites for hydroxylation is 1. The first-order chi connectivity index (χ1) is 15.6. The summed E-state index contributed by atoms with van der Waals surface area (Å²) in [5.74, 6) is -0.481. The fourth-order valence-electron chi connectivity index (χ4n) is 4.06. The van der Waals surface area contributed by atoms with Gasteiger partial charge in [0, 0.05) is 34.9 Å². The molecule has 1 atom stereocenters. The maximum Gasteiger partial charge on any atom is 0.155 e. The first kappa shape index (κ1) is 15.6. The molecule has 4 aromatic rings. The molecule has 7 nitrogen and oxygen atoms in total. The fraction of sp³-hybridized carbons (Fsp3) is 0.333. The van der Waals surface area contributed by atoms with Crippen LogP contribution in [0.4, 0.5) is 8.78 Å². The Hall–Kier alpha value is -3.20. The van der Waals surface area contributed by atoms with E-state index in [-0.39, 0.29) is 13.0 Å². The summed E-state index contributed by atoms with van der Waals surface area (Å²) in [5, 5.41) is 12.4. The van der Waals surface area contributed by atoms with Gasteiger partial charge < -0.3 is 4.74 Å². The molecule has 4 aromatic heterocycles. The van der Waals surface area contributed by atoms with Gasteiger partial charge in [-0.1, -0.05) is 0 Å². The van der Waals surface area contributed by atoms with Crippen LogP contribution in [-0.4, -0.2) is 49.3 Å². The van der Waals surface area contributed by atoms with Crippen LogP contribution in [0.2, 0.25) is 0 Å². The molecule has 1 aliphatic rings. The zero-order valence-corrected chi connectivity index (χ0v) is 16.1. The lowest BCUT2D eigenvalue weighted by Crippen LogP contribution is -2.39. The minimum absolute atomic E-state index is 0.0661. The number of fused-ring (bicyclic) bond motifs is 2. The molecule has 154 valence electrons. The predicted octanol–water partition coefficient (Wildman–Crippen LogP) is 3.63. The molecule has 5 rings (SSSR count). The number of nitrogens with one attached hydrogen (secondary N) is 1. The van der Waals surface area contributed by atoms with E-state index in [2.05, 4.69) is 25.3 Å². The van der Waals surface area contributed by atoms with E-state index in [9.17, 15) is 4.39 Å². The van der Waals surface area contributed by atoms with E-state index < -0.39 is 25.1 Å². The molecule has 0 saturated carbocycles. The number of aromatic nitrogens is 6. The summed E-state index contributed by atoms with van der Waals surface area (Å²) < 4.78 is 57.0. The van der Waals surface area contributed by atoms with Crippen molar-refractivity contribution in [3.8, 4) is 22.5 Å². The Morgan fingerprint density at radius 3 is 3.07 bits per heavy atom. The number of hydrogen-bond donors (Lipinski definition) is 1. The Morgan fingerprint density at radius 2 is 2.27 bits per heavy atom. The summed E-state index contributed by atoms with van der Waals surface area (Å²) in [4.78, 5) is 8.65. The number of alkyl halides is 1. The highest BCUT2D eigenvalue weighted by Crippen LogP contribution is 2.41. The lowest BCUT2D eigenvalue weighted by Gasteiger charge is -2.30. The molecule has 0 spiro atoms. The average molecular weight is 413 g/mol. The quantitative estimate of drug-likeness (QED) is 0.553. The molecule has 0 bridgehead atoms. The van der Waals surface area contributed by atoms with E-state index in [4.69, 9.17) is 8.85 Å². The van der Waals surface area contributed by atoms with Crippen LogP contribution in [0.5, 0.6) is 0 Å². The van der Waals surface area contributed by atoms with Crippen molar-refractivity contribution in [1.82, 2.24) is 29.9 Å². The van der Waals surface area contributed by atoms with E-state index in [1.807, 2.05) is 13.0 Å². The average Bonchev–Trinajstić information content (AvgIpc) is 3.36. The first-order valence-corrected chi connectivity index (χ1v) is 9.47. The van der Waals surface area contributed by atoms with Crippen molar-refractivity contribution >= 4 is 11.0 Å². The summed E-state index contributed by atoms with van der Waals surface area (Å²) in [6.45, 7) is 1.11. The molecular weight excluding hydrogens is 390 g/mol. The number of rotatable bonds is 4. The molecule has 0 unspecified atom stereocenters. The standard InChI is InChI=1S/C21H20F2N6O/c1-12-7-14(15-9-25-27-20(15)26-12)18-17-5-6-21(23,11-30-2)10-29(17)28-19(18)16-4-3-13(22)8-24-16/h3-4,7-9H,5-6,10-11H2,1-2H3,(H,25,26,27)/t21-/m0/s1/i2D3. The number of hydrogen-bond acceptors (Lipinski definition) is 5. The van der Waals surface area contributed by atoms with Crippen LogP contribution in [-0.2, 0) is 17.7 Å². The third-order valence-corrected chi connectivity index (χ3v) is 5.42. The summed E-state index contributed by atoms with van der Waals surface area (Å²) in [6.07, 6.45) is 3.13. The normalized spacial score (nSPS) is 20.6. The molecule has 0 amide bonds. The number of ether oxygens (including phenoxy) is 1. The largest absolute Gasteiger partial charge is 0.381 e. The minimum atomic E-state index is -2.68. The molecule has 1 N–H and O–H groups in total. The summed E-state index contributed by atoms with van der Waals surface area (Å²) in [6, 6.07) is 4.71. The molecular formula is C21H20F2N6O. The number of pyridine rings is 2. The van der Waals surface area contributed by atoms with Crippen molar-refractivity contribution in [3.63, 3.8) is 0 Å². The molecule has 30 heavy (non-hydrogen) atoms. The summed E-state index contributed by atoms with van der Waals surface area (Å²) in [5.41, 5.74) is 2.68. The molecule has 5 heterocycles. The summed E-state index contributed by atoms with van der Waals surface area (Å²) in [7, 11) is -2.68. The van der Waals surface area contributed by atoms with Gasteiger partial charge in [-0.15, -0.1) is 0 Å². The zero-order valence-electron chi connectivity index (χ0n) is 19.1. The Balaban J connectivity index is 1.66. The van der Waals surface area contributed by atoms with Gasteiger partial charge in [-0.25, -0.2) is 13.8 Å². The van der Waals surface area contributed by atoms with Crippen molar-refractivity contribution in [2.75, 3.05) is 13.6 Å². The van der Waals surface area contributed by atoms with Crippen LogP contribution in [0.1, 0.15) is 21.9 Å². The van der Waals surface area contributed by atoms with Gasteiger partial charge in [-0.05, 0) is 38.0 Å². The van der Waals surface area contributed by atoms with Gasteiger partial charge in [0.1, 0.15) is 11.5 Å². The Kier molecular flexibility index (Phi) is 3.61. The van der Waals surface area contributed by atoms with Crippen LogP contribution < -0.4 is 0 Å². The third-order valence-electron chi connectivity index (χ3n) is 5.42. The Morgan fingerprint density at radius 1 is 1.37 bits per heavy atom. The van der Waals surface area contributed by atoms with Crippen LogP contribution >= 0.6 is 0 Å². The molecule has 0 aliphatic carbocycles. The predicted molar refractivity (Wildman–Crippen MR) is 107 cm³/mol. The highest BCUT2D eigenvalue weighted by molar-refractivity contribution is 5.97. The third kappa shape index (κ3) is 3.06. The summed E-state index contributed by atoms with van der Waals surface area (Å²) >= 11 is 0. The van der Waals surface area contributed by atoms with Crippen molar-refractivity contribution in [2.24, 2.45) is 0 Å². The van der Waals surface area contributed by atoms with E-state index in [1.165, 1.54) is 16.8 Å². The molecule has 0 radical (unpaired) electrons. The second kappa shape index (κ2) is 6.94. The molecule has 1 aliphatic heterocycles. The second-order valence-corrected chi connectivity index (χ2v) is 7.57. The SMILES string of the molecule is [2H]C([2H])([2H])OC[C@]1(F)CCc2c(-c3cc(C)nc4[nH]ncc34)c(-c3ccc(F)cn3)nn2C1. The van der Waals surface area contributed by atoms with Gasteiger partial charge in [0.2, 0.25) is 0 Å². The highest BCUT2D eigenvalue weighted by Gasteiger charge is 2.38. The number of nitrogens with zero attached hydrogens (tertiary/aromatic N) is 5. The molecule has 0 saturated heterocycles. The monoisotopic (exact) mass is 413 g/mol. The Labute approximate surface area is 175 Å². The fourth-order valence-corrected chi connectivity index (χ4v) is 4.06. The number of aromatic amines is 1. The minimum Gasteiger partial charge on any atom is -0.381 e. The van der Waals surface area contributed by atoms with Crippen molar-refractivity contribution in [3.05, 3.63) is 47.8 Å². The lowest BCUT2D eigenvalue weighted by molar-refractivity contribution is 0.0100. The van der Waals surface area contributed by atoms with Gasteiger partial charge in [-0.3, -0.25) is 14.8 Å². The maximum absolute atomic E-state index is 15.5. The molecule has 9 heteroatoms. The highest BCUT2D eigenvalue weighted by atomic mass is 19.1. The molecule has 0 aromatic carbocycles. The smallest absolute Gasteiger partial charge is 0.155 e. The van der Waals surface area contributed by atoms with Crippen molar-refractivity contribution in [2.45, 2.75) is 32.0 Å². The molecule has 0 fully saturated rings. The van der Waals surface area contributed by atoms with E-state index in [0.717, 1.165) is 34.1 Å². The first-order valence-electron chi connectivity index (χ1n) is 11.0. The van der Waals surface area contributed by atoms with Gasteiger partial charge in [0.25, 0.3) is 0 Å². The van der Waals surface area contributed by atoms with E-state index >= 15 is 4.39 Å². The number of methoxy groups -OCH3 is 1. The van der Waals surface area contributed by atoms with E-state index in [1.54, 1.807) is 6.20 Å². The Bertz CT molecular complexity index is 1330. The van der Waals surface area contributed by atoms with Crippen LogP contribution in [0.3, 0.4) is 0 Å². The zero-order chi connectivity index (χ0) is 23.4. The lowest BCUT2D eigenvalue weighted by atomic mass is 9.91. The van der Waals surface area contributed by atoms with Crippen LogP contribution in [0.15, 0.2) is 30.6 Å². The van der Waals surface area contributed by atoms with Crippen molar-refractivity contribution < 1.29 is 17.6 Å². The van der Waals surface area contributed by atoms with Gasteiger partial charge in [0.15, 0.2) is 11.3 Å². The van der Waals surface area contributed by atoms with Gasteiger partial charge in [0.05, 0.1) is 35.4 Å². The topological polar surface area (TPSA) is 81.5 Å². The van der Waals surface area contributed by atoms with Crippen LogP contribution in [0.25, 0.3) is 33.5 Å². The van der Waals surface area contributed by atoms with Crippen LogP contribution in [0, 0.1) is 12.7 Å². The maximum atomic E-state index is 15.5. The van der Waals surface area contributed by atoms with Crippen molar-refractivity contribution in [1.29, 1.82) is 0 Å².